The number of nitrogens with zero attached hydrogens (tertiary/aromatic N) is 2. The molecule has 0 aliphatic heterocycles. The first-order chi connectivity index (χ1) is 17.4. The number of hydrogen-bond donors (Lipinski definition) is 2. The van der Waals surface area contributed by atoms with E-state index in [1.807, 2.05) is 0 Å². The van der Waals surface area contributed by atoms with Crippen LogP contribution in [-0.4, -0.2) is 41.5 Å². The Balaban J connectivity index is 1.41. The second kappa shape index (κ2) is 10.6. The van der Waals surface area contributed by atoms with Gasteiger partial charge >= 0.3 is 12.3 Å². The highest BCUT2D eigenvalue weighted by Gasteiger charge is 2.31. The molecule has 2 aromatic carbocycles. The zero-order valence-corrected chi connectivity index (χ0v) is 20.6. The zero-order valence-electron chi connectivity index (χ0n) is 19.0. The van der Waals surface area contributed by atoms with Crippen molar-refractivity contribution in [1.29, 1.82) is 0 Å². The lowest BCUT2D eigenvalue weighted by molar-refractivity contribution is -0.274. The van der Waals surface area contributed by atoms with Crippen molar-refractivity contribution in [3.05, 3.63) is 64.9 Å². The summed E-state index contributed by atoms with van der Waals surface area (Å²) in [6.07, 6.45) is -1.18. The fourth-order valence-corrected chi connectivity index (χ4v) is 5.43. The standard InChI is InChI=1S/C23H21ClF3N3O6S/c24-18-10-16(8-9-21(18)35-14-4-6-15(7-5-14)36-23(25,26)27)37(33,34)13-28-19-2-1-3-20-17(19)11-29-30(20)12-22(31)32/h4-11,19,28H,1-3,12-13H2,(H,31,32)/t19-/m1/s1. The Labute approximate surface area is 214 Å². The molecule has 1 atom stereocenters. The van der Waals surface area contributed by atoms with Crippen LogP contribution in [0.2, 0.25) is 5.02 Å². The third kappa shape index (κ3) is 6.73. The first-order valence-corrected chi connectivity index (χ1v) is 13.0. The van der Waals surface area contributed by atoms with Crippen LogP contribution in [0, 0.1) is 0 Å². The van der Waals surface area contributed by atoms with Gasteiger partial charge < -0.3 is 14.6 Å². The predicted octanol–water partition coefficient (Wildman–Crippen LogP) is 4.71. The third-order valence-electron chi connectivity index (χ3n) is 5.62. The van der Waals surface area contributed by atoms with Gasteiger partial charge in [0.15, 0.2) is 9.84 Å². The number of carbonyl (C=O) groups is 1. The summed E-state index contributed by atoms with van der Waals surface area (Å²) in [7, 11) is -3.81. The van der Waals surface area contributed by atoms with E-state index in [-0.39, 0.29) is 34.0 Å². The van der Waals surface area contributed by atoms with Crippen molar-refractivity contribution in [2.45, 2.75) is 43.1 Å². The van der Waals surface area contributed by atoms with Crippen LogP contribution in [0.5, 0.6) is 17.2 Å². The van der Waals surface area contributed by atoms with Gasteiger partial charge in [-0.3, -0.25) is 14.8 Å². The number of sulfone groups is 1. The molecule has 1 aliphatic rings. The summed E-state index contributed by atoms with van der Waals surface area (Å²) in [5, 5.41) is 16.2. The minimum absolute atomic E-state index is 0.00778. The smallest absolute Gasteiger partial charge is 0.480 e. The number of alkyl halides is 3. The number of carboxylic acids is 1. The van der Waals surface area contributed by atoms with Crippen molar-refractivity contribution in [1.82, 2.24) is 15.1 Å². The van der Waals surface area contributed by atoms with Gasteiger partial charge in [-0.1, -0.05) is 11.6 Å². The Bertz CT molecular complexity index is 1390. The van der Waals surface area contributed by atoms with Crippen molar-refractivity contribution in [2.24, 2.45) is 0 Å². The summed E-state index contributed by atoms with van der Waals surface area (Å²) in [5.74, 6) is -1.54. The number of rotatable bonds is 9. The van der Waals surface area contributed by atoms with Crippen molar-refractivity contribution in [3.8, 4) is 17.2 Å². The normalized spacial score (nSPS) is 15.7. The largest absolute Gasteiger partial charge is 0.573 e. The van der Waals surface area contributed by atoms with Gasteiger partial charge in [-0.25, -0.2) is 8.42 Å². The van der Waals surface area contributed by atoms with Gasteiger partial charge in [-0.15, -0.1) is 13.2 Å². The molecule has 1 aliphatic carbocycles. The van der Waals surface area contributed by atoms with Crippen LogP contribution in [-0.2, 0) is 27.6 Å². The van der Waals surface area contributed by atoms with E-state index >= 15 is 0 Å². The number of halogens is 4. The van der Waals surface area contributed by atoms with Crippen LogP contribution in [0.1, 0.15) is 30.1 Å². The van der Waals surface area contributed by atoms with Gasteiger partial charge in [0, 0.05) is 17.3 Å². The summed E-state index contributed by atoms with van der Waals surface area (Å²) in [4.78, 5) is 11.0. The lowest BCUT2D eigenvalue weighted by atomic mass is 9.93. The number of nitrogens with one attached hydrogen (secondary N) is 1. The fraction of sp³-hybridized carbons (Fsp3) is 0.304. The summed E-state index contributed by atoms with van der Waals surface area (Å²) < 4.78 is 73.6. The lowest BCUT2D eigenvalue weighted by Crippen LogP contribution is -2.30. The molecule has 9 nitrogen and oxygen atoms in total. The highest BCUT2D eigenvalue weighted by atomic mass is 35.5. The van der Waals surface area contributed by atoms with Crippen molar-refractivity contribution < 1.29 is 41.0 Å². The van der Waals surface area contributed by atoms with Crippen LogP contribution < -0.4 is 14.8 Å². The van der Waals surface area contributed by atoms with E-state index in [1.54, 1.807) is 6.20 Å². The van der Waals surface area contributed by atoms with Gasteiger partial charge in [0.1, 0.15) is 29.7 Å². The van der Waals surface area contributed by atoms with Gasteiger partial charge in [-0.05, 0) is 61.7 Å². The van der Waals surface area contributed by atoms with E-state index in [0.29, 0.717) is 12.8 Å². The van der Waals surface area contributed by atoms with E-state index in [9.17, 15) is 26.4 Å². The summed E-state index contributed by atoms with van der Waals surface area (Å²) in [6, 6.07) is 8.24. The fourth-order valence-electron chi connectivity index (χ4n) is 3.98. The first-order valence-electron chi connectivity index (χ1n) is 11.0. The molecule has 0 bridgehead atoms. The van der Waals surface area contributed by atoms with Gasteiger partial charge in [-0.2, -0.15) is 5.10 Å². The predicted molar refractivity (Wildman–Crippen MR) is 125 cm³/mol. The van der Waals surface area contributed by atoms with E-state index < -0.39 is 33.8 Å². The van der Waals surface area contributed by atoms with Crippen LogP contribution in [0.15, 0.2) is 53.6 Å². The Hall–Kier alpha value is -3.29. The average Bonchev–Trinajstić information content (AvgIpc) is 3.22. The molecule has 0 unspecified atom stereocenters. The Morgan fingerprint density at radius 3 is 2.54 bits per heavy atom. The van der Waals surface area contributed by atoms with Gasteiger partial charge in [0.25, 0.3) is 0 Å². The van der Waals surface area contributed by atoms with E-state index in [1.165, 1.54) is 35.0 Å². The third-order valence-corrected chi connectivity index (χ3v) is 7.43. The first kappa shape index (κ1) is 26.8. The molecule has 14 heteroatoms. The molecule has 3 aromatic rings. The maximum absolute atomic E-state index is 12.9. The summed E-state index contributed by atoms with van der Waals surface area (Å²) in [5.41, 5.74) is 1.54. The second-order valence-electron chi connectivity index (χ2n) is 8.22. The molecule has 0 radical (unpaired) electrons. The number of fused-ring (bicyclic) bond motifs is 1. The Kier molecular flexibility index (Phi) is 7.67. The molecular weight excluding hydrogens is 539 g/mol. The number of carboxylic acid groups (broad SMARTS) is 1. The molecule has 0 saturated heterocycles. The molecule has 0 fully saturated rings. The Morgan fingerprint density at radius 1 is 1.19 bits per heavy atom. The maximum Gasteiger partial charge on any atom is 0.573 e. The molecule has 37 heavy (non-hydrogen) atoms. The zero-order chi connectivity index (χ0) is 26.8. The van der Waals surface area contributed by atoms with Gasteiger partial charge in [0.05, 0.1) is 16.1 Å². The lowest BCUT2D eigenvalue weighted by Gasteiger charge is -2.24. The molecule has 0 amide bonds. The van der Waals surface area contributed by atoms with Crippen molar-refractivity contribution in [3.63, 3.8) is 0 Å². The topological polar surface area (TPSA) is 120 Å². The molecule has 1 heterocycles. The highest BCUT2D eigenvalue weighted by molar-refractivity contribution is 7.91. The minimum Gasteiger partial charge on any atom is -0.480 e. The molecular formula is C23H21ClF3N3O6S. The van der Waals surface area contributed by atoms with Crippen LogP contribution in [0.4, 0.5) is 13.2 Å². The number of aromatic nitrogens is 2. The summed E-state index contributed by atoms with van der Waals surface area (Å²) >= 11 is 6.22. The molecule has 4 rings (SSSR count). The van der Waals surface area contributed by atoms with Crippen LogP contribution >= 0.6 is 11.6 Å². The van der Waals surface area contributed by atoms with Crippen molar-refractivity contribution >= 4 is 27.4 Å². The molecule has 2 N–H and O–H groups in total. The second-order valence-corrected chi connectivity index (χ2v) is 10.6. The number of hydrogen-bond acceptors (Lipinski definition) is 7. The van der Waals surface area contributed by atoms with Crippen molar-refractivity contribution in [2.75, 3.05) is 5.88 Å². The average molecular weight is 560 g/mol. The highest BCUT2D eigenvalue weighted by Crippen LogP contribution is 2.34. The maximum atomic E-state index is 12.9. The van der Waals surface area contributed by atoms with E-state index in [4.69, 9.17) is 21.4 Å². The van der Waals surface area contributed by atoms with E-state index in [2.05, 4.69) is 15.2 Å². The number of ether oxygens (including phenoxy) is 2. The molecule has 1 aromatic heterocycles. The minimum atomic E-state index is -4.82. The monoisotopic (exact) mass is 559 g/mol. The number of aliphatic carboxylic acids is 1. The SMILES string of the molecule is O=C(O)Cn1ncc2c1CCC[C@H]2NCS(=O)(=O)c1ccc(Oc2ccc(OC(F)(F)F)cc2)c(Cl)c1. The van der Waals surface area contributed by atoms with Crippen LogP contribution in [0.3, 0.4) is 0 Å². The Morgan fingerprint density at radius 2 is 1.89 bits per heavy atom. The summed E-state index contributed by atoms with van der Waals surface area (Å²) in [6.45, 7) is -0.265. The number of benzene rings is 2. The quantitative estimate of drug-likeness (QED) is 0.387. The molecule has 0 spiro atoms. The molecule has 198 valence electrons. The van der Waals surface area contributed by atoms with Gasteiger partial charge in [0.2, 0.25) is 0 Å². The van der Waals surface area contributed by atoms with Crippen LogP contribution in [0.25, 0.3) is 0 Å². The molecule has 0 saturated carbocycles. The van der Waals surface area contributed by atoms with E-state index in [0.717, 1.165) is 29.8 Å².